The Morgan fingerprint density at radius 3 is 2.38 bits per heavy atom. The van der Waals surface area contributed by atoms with Crippen molar-refractivity contribution in [3.8, 4) is 5.75 Å². The Hall–Kier alpha value is -1.45. The summed E-state index contributed by atoms with van der Waals surface area (Å²) in [5.41, 5.74) is -0.488. The third-order valence-corrected chi connectivity index (χ3v) is 1.49. The number of allylic oxidation sites excluding steroid dienone is 1. The standard InChI is InChI=1S/C9H7F3O/c1-5(10)9(12)7-3-2-6(13)4-8(7)11/h2-4,13H,1H3. The van der Waals surface area contributed by atoms with Crippen LogP contribution in [0.15, 0.2) is 24.0 Å². The molecule has 0 saturated carbocycles. The van der Waals surface area contributed by atoms with Gasteiger partial charge in [-0.25, -0.2) is 13.2 Å². The van der Waals surface area contributed by atoms with Gasteiger partial charge in [-0.2, -0.15) is 0 Å². The molecule has 1 aromatic carbocycles. The number of rotatable bonds is 1. The van der Waals surface area contributed by atoms with Crippen LogP contribution in [-0.2, 0) is 0 Å². The van der Waals surface area contributed by atoms with Crippen LogP contribution in [0.25, 0.3) is 5.83 Å². The third kappa shape index (κ3) is 2.02. The van der Waals surface area contributed by atoms with E-state index >= 15 is 0 Å². The number of hydrogen-bond donors (Lipinski definition) is 1. The summed E-state index contributed by atoms with van der Waals surface area (Å²) in [5, 5.41) is 8.79. The Morgan fingerprint density at radius 2 is 1.92 bits per heavy atom. The molecule has 4 heteroatoms. The molecule has 0 aliphatic carbocycles. The van der Waals surface area contributed by atoms with Gasteiger partial charge in [-0.1, -0.05) is 0 Å². The largest absolute Gasteiger partial charge is 0.508 e. The molecule has 0 radical (unpaired) electrons. The molecule has 0 amide bonds. The Balaban J connectivity index is 3.25. The molecular formula is C9H7F3O. The molecule has 0 aliphatic heterocycles. The molecule has 0 unspecified atom stereocenters. The molecule has 13 heavy (non-hydrogen) atoms. The van der Waals surface area contributed by atoms with Gasteiger partial charge in [0.1, 0.15) is 17.4 Å². The predicted octanol–water partition coefficient (Wildman–Crippen LogP) is 3.16. The number of halogens is 3. The van der Waals surface area contributed by atoms with Crippen molar-refractivity contribution in [2.24, 2.45) is 0 Å². The molecule has 0 atom stereocenters. The SMILES string of the molecule is CC(F)=C(F)c1ccc(O)cc1F. The molecule has 0 fully saturated rings. The van der Waals surface area contributed by atoms with Crippen LogP contribution in [0.3, 0.4) is 0 Å². The van der Waals surface area contributed by atoms with E-state index in [1.165, 1.54) is 0 Å². The molecule has 0 saturated heterocycles. The maximum absolute atomic E-state index is 12.9. The van der Waals surface area contributed by atoms with Gasteiger partial charge in [-0.15, -0.1) is 0 Å². The van der Waals surface area contributed by atoms with E-state index in [-0.39, 0.29) is 5.75 Å². The predicted molar refractivity (Wildman–Crippen MR) is 42.9 cm³/mol. The van der Waals surface area contributed by atoms with Crippen molar-refractivity contribution in [2.75, 3.05) is 0 Å². The fraction of sp³-hybridized carbons (Fsp3) is 0.111. The molecule has 1 rings (SSSR count). The van der Waals surface area contributed by atoms with Crippen LogP contribution in [0.2, 0.25) is 0 Å². The average molecular weight is 188 g/mol. The lowest BCUT2D eigenvalue weighted by atomic mass is 10.1. The first kappa shape index (κ1) is 9.64. The number of phenolic OH excluding ortho intramolecular Hbond substituents is 1. The van der Waals surface area contributed by atoms with Crippen molar-refractivity contribution in [1.82, 2.24) is 0 Å². The highest BCUT2D eigenvalue weighted by molar-refractivity contribution is 5.61. The summed E-state index contributed by atoms with van der Waals surface area (Å²) in [6.07, 6.45) is 0. The fourth-order valence-electron chi connectivity index (χ4n) is 0.868. The average Bonchev–Trinajstić information content (AvgIpc) is 2.03. The van der Waals surface area contributed by atoms with Gasteiger partial charge in [0, 0.05) is 11.6 Å². The Morgan fingerprint density at radius 1 is 1.31 bits per heavy atom. The highest BCUT2D eigenvalue weighted by atomic mass is 19.2. The topological polar surface area (TPSA) is 20.2 Å². The third-order valence-electron chi connectivity index (χ3n) is 1.49. The number of hydrogen-bond acceptors (Lipinski definition) is 1. The summed E-state index contributed by atoms with van der Waals surface area (Å²) in [6.45, 7) is 0.891. The van der Waals surface area contributed by atoms with E-state index in [0.29, 0.717) is 0 Å². The van der Waals surface area contributed by atoms with Gasteiger partial charge in [0.05, 0.1) is 0 Å². The van der Waals surface area contributed by atoms with E-state index in [0.717, 1.165) is 25.1 Å². The first-order chi connectivity index (χ1) is 6.02. The number of aromatic hydroxyl groups is 1. The van der Waals surface area contributed by atoms with Gasteiger partial charge in [-0.3, -0.25) is 0 Å². The van der Waals surface area contributed by atoms with Gasteiger partial charge in [0.15, 0.2) is 5.83 Å². The minimum atomic E-state index is -1.25. The van der Waals surface area contributed by atoms with E-state index in [1.807, 2.05) is 0 Å². The quantitative estimate of drug-likeness (QED) is 0.717. The van der Waals surface area contributed by atoms with Gasteiger partial charge >= 0.3 is 0 Å². The second kappa shape index (κ2) is 3.51. The van der Waals surface area contributed by atoms with Gasteiger partial charge in [0.2, 0.25) is 0 Å². The lowest BCUT2D eigenvalue weighted by Gasteiger charge is -2.00. The molecule has 0 aromatic heterocycles. The van der Waals surface area contributed by atoms with Gasteiger partial charge < -0.3 is 5.11 Å². The van der Waals surface area contributed by atoms with Gasteiger partial charge in [-0.05, 0) is 19.1 Å². The van der Waals surface area contributed by atoms with Crippen molar-refractivity contribution in [1.29, 1.82) is 0 Å². The molecule has 0 spiro atoms. The molecule has 1 N–H and O–H groups in total. The molecule has 0 heterocycles. The Kier molecular flexibility index (Phi) is 2.60. The van der Waals surface area contributed by atoms with Crippen LogP contribution >= 0.6 is 0 Å². The maximum Gasteiger partial charge on any atom is 0.164 e. The number of phenols is 1. The van der Waals surface area contributed by atoms with E-state index in [1.54, 1.807) is 0 Å². The van der Waals surface area contributed by atoms with Crippen LogP contribution < -0.4 is 0 Å². The second-order valence-electron chi connectivity index (χ2n) is 2.51. The van der Waals surface area contributed by atoms with Crippen LogP contribution in [0, 0.1) is 5.82 Å². The molecule has 1 aromatic rings. The first-order valence-corrected chi connectivity index (χ1v) is 3.53. The summed E-state index contributed by atoms with van der Waals surface area (Å²) in [4.78, 5) is 0. The molecule has 70 valence electrons. The summed E-state index contributed by atoms with van der Waals surface area (Å²) >= 11 is 0. The summed E-state index contributed by atoms with van der Waals surface area (Å²) < 4.78 is 38.0. The van der Waals surface area contributed by atoms with Crippen LogP contribution in [0.5, 0.6) is 5.75 Å². The minimum absolute atomic E-state index is 0.328. The van der Waals surface area contributed by atoms with Crippen molar-refractivity contribution in [3.05, 3.63) is 35.4 Å². The van der Waals surface area contributed by atoms with Crippen molar-refractivity contribution in [3.63, 3.8) is 0 Å². The van der Waals surface area contributed by atoms with Crippen molar-refractivity contribution in [2.45, 2.75) is 6.92 Å². The summed E-state index contributed by atoms with van der Waals surface area (Å²) in [5.74, 6) is -3.66. The zero-order chi connectivity index (χ0) is 10.0. The van der Waals surface area contributed by atoms with E-state index < -0.39 is 23.0 Å². The van der Waals surface area contributed by atoms with Crippen LogP contribution in [0.1, 0.15) is 12.5 Å². The van der Waals surface area contributed by atoms with Crippen molar-refractivity contribution >= 4 is 5.83 Å². The molecular weight excluding hydrogens is 181 g/mol. The Labute approximate surface area is 73.1 Å². The lowest BCUT2D eigenvalue weighted by molar-refractivity contribution is 0.468. The van der Waals surface area contributed by atoms with E-state index in [2.05, 4.69) is 0 Å². The lowest BCUT2D eigenvalue weighted by Crippen LogP contribution is -1.86. The normalized spacial score (nSPS) is 12.6. The van der Waals surface area contributed by atoms with E-state index in [9.17, 15) is 13.2 Å². The van der Waals surface area contributed by atoms with Crippen LogP contribution in [0.4, 0.5) is 13.2 Å². The highest BCUT2D eigenvalue weighted by Gasteiger charge is 2.10. The summed E-state index contributed by atoms with van der Waals surface area (Å²) in [6, 6.07) is 2.78. The minimum Gasteiger partial charge on any atom is -0.508 e. The zero-order valence-electron chi connectivity index (χ0n) is 6.81. The number of benzene rings is 1. The van der Waals surface area contributed by atoms with E-state index in [4.69, 9.17) is 5.11 Å². The monoisotopic (exact) mass is 188 g/mol. The molecule has 0 aliphatic rings. The summed E-state index contributed by atoms with van der Waals surface area (Å²) in [7, 11) is 0. The maximum atomic E-state index is 12.9. The first-order valence-electron chi connectivity index (χ1n) is 3.53. The molecule has 1 nitrogen and oxygen atoms in total. The zero-order valence-corrected chi connectivity index (χ0v) is 6.81. The highest BCUT2D eigenvalue weighted by Crippen LogP contribution is 2.25. The Bertz CT molecular complexity index is 354. The molecule has 0 bridgehead atoms. The van der Waals surface area contributed by atoms with Crippen molar-refractivity contribution < 1.29 is 18.3 Å². The fourth-order valence-corrected chi connectivity index (χ4v) is 0.868. The van der Waals surface area contributed by atoms with Gasteiger partial charge in [0.25, 0.3) is 0 Å². The second-order valence-corrected chi connectivity index (χ2v) is 2.51. The smallest absolute Gasteiger partial charge is 0.164 e. The van der Waals surface area contributed by atoms with Crippen LogP contribution in [-0.4, -0.2) is 5.11 Å².